The highest BCUT2D eigenvalue weighted by Crippen LogP contribution is 2.34. The van der Waals surface area contributed by atoms with Gasteiger partial charge in [0.05, 0.1) is 0 Å². The van der Waals surface area contributed by atoms with Crippen molar-refractivity contribution < 1.29 is 9.36 Å². The van der Waals surface area contributed by atoms with Crippen molar-refractivity contribution in [3.05, 3.63) is 35.9 Å². The molecule has 0 fully saturated rings. The Morgan fingerprint density at radius 1 is 1.20 bits per heavy atom. The van der Waals surface area contributed by atoms with Gasteiger partial charge in [0.2, 0.25) is 0 Å². The second kappa shape index (κ2) is 5.18. The fraction of sp³-hybridized carbons (Fsp3) is 0.417. The predicted molar refractivity (Wildman–Crippen MR) is 61.7 cm³/mol. The first kappa shape index (κ1) is 12.1. The van der Waals surface area contributed by atoms with Crippen LogP contribution in [0.15, 0.2) is 30.3 Å². The molecule has 0 spiro atoms. The molecule has 0 bridgehead atoms. The molecule has 0 radical (unpaired) electrons. The Hall–Kier alpha value is -1.01. The van der Waals surface area contributed by atoms with E-state index in [-0.39, 0.29) is 14.2 Å². The van der Waals surface area contributed by atoms with Crippen LogP contribution in [0, 0.1) is 0 Å². The van der Waals surface area contributed by atoms with E-state index in [9.17, 15) is 9.36 Å². The van der Waals surface area contributed by atoms with E-state index in [4.69, 9.17) is 0 Å². The smallest absolute Gasteiger partial charge is 0.180 e. The number of carbonyl (C=O) groups is 1. The fourth-order valence-electron chi connectivity index (χ4n) is 1.60. The SMILES string of the molecule is CCC(CC)(P=O)C(=O)c1ccccc1. The van der Waals surface area contributed by atoms with Gasteiger partial charge in [-0.15, -0.1) is 0 Å². The largest absolute Gasteiger partial charge is 0.293 e. The number of hydrogen-bond acceptors (Lipinski definition) is 2. The summed E-state index contributed by atoms with van der Waals surface area (Å²) in [5, 5.41) is -0.735. The molecule has 0 aliphatic heterocycles. The van der Waals surface area contributed by atoms with Crippen LogP contribution in [0.5, 0.6) is 0 Å². The quantitative estimate of drug-likeness (QED) is 0.562. The molecular formula is C12H15O2P. The molecule has 0 saturated heterocycles. The van der Waals surface area contributed by atoms with Crippen LogP contribution in [0.25, 0.3) is 0 Å². The summed E-state index contributed by atoms with van der Waals surface area (Å²) < 4.78 is 11.2. The first-order valence-corrected chi connectivity index (χ1v) is 5.95. The molecule has 3 heteroatoms. The third-order valence-corrected chi connectivity index (χ3v) is 3.99. The van der Waals surface area contributed by atoms with Crippen molar-refractivity contribution in [2.45, 2.75) is 31.8 Å². The summed E-state index contributed by atoms with van der Waals surface area (Å²) in [5.74, 6) is -0.0234. The Labute approximate surface area is 91.9 Å². The fourth-order valence-corrected chi connectivity index (χ4v) is 2.07. The monoisotopic (exact) mass is 222 g/mol. The van der Waals surface area contributed by atoms with Crippen molar-refractivity contribution in [1.29, 1.82) is 0 Å². The summed E-state index contributed by atoms with van der Waals surface area (Å²) in [7, 11) is -0.0769. The van der Waals surface area contributed by atoms with Crippen LogP contribution < -0.4 is 0 Å². The van der Waals surface area contributed by atoms with Gasteiger partial charge in [-0.1, -0.05) is 44.2 Å². The van der Waals surface area contributed by atoms with Gasteiger partial charge in [-0.25, -0.2) is 0 Å². The van der Waals surface area contributed by atoms with E-state index in [1.54, 1.807) is 12.1 Å². The summed E-state index contributed by atoms with van der Waals surface area (Å²) >= 11 is 0. The Balaban J connectivity index is 3.07. The van der Waals surface area contributed by atoms with Crippen LogP contribution in [0.1, 0.15) is 37.0 Å². The van der Waals surface area contributed by atoms with Crippen molar-refractivity contribution in [2.24, 2.45) is 0 Å². The van der Waals surface area contributed by atoms with Crippen LogP contribution in [-0.2, 0) is 4.57 Å². The van der Waals surface area contributed by atoms with Gasteiger partial charge in [0.25, 0.3) is 0 Å². The van der Waals surface area contributed by atoms with E-state index >= 15 is 0 Å². The second-order valence-electron chi connectivity index (χ2n) is 3.53. The maximum atomic E-state index is 12.2. The Morgan fingerprint density at radius 2 is 1.73 bits per heavy atom. The number of rotatable bonds is 5. The van der Waals surface area contributed by atoms with Crippen molar-refractivity contribution in [2.75, 3.05) is 0 Å². The maximum Gasteiger partial charge on any atom is 0.180 e. The zero-order chi connectivity index (χ0) is 11.3. The van der Waals surface area contributed by atoms with E-state index in [2.05, 4.69) is 0 Å². The molecule has 1 aromatic carbocycles. The highest BCUT2D eigenvalue weighted by molar-refractivity contribution is 7.28. The minimum absolute atomic E-state index is 0.0234. The number of carbonyl (C=O) groups excluding carboxylic acids is 1. The molecule has 1 aromatic rings. The van der Waals surface area contributed by atoms with Crippen molar-refractivity contribution >= 4 is 14.2 Å². The molecule has 0 heterocycles. The van der Waals surface area contributed by atoms with Crippen LogP contribution in [0.2, 0.25) is 0 Å². The molecule has 0 unspecified atom stereocenters. The van der Waals surface area contributed by atoms with Gasteiger partial charge < -0.3 is 0 Å². The standard InChI is InChI=1S/C12H15O2P/c1-3-12(4-2,15-14)11(13)10-8-6-5-7-9-10/h5-9H,3-4H2,1-2H3. The highest BCUT2D eigenvalue weighted by Gasteiger charge is 2.36. The first-order chi connectivity index (χ1) is 7.20. The number of hydrogen-bond donors (Lipinski definition) is 0. The minimum Gasteiger partial charge on any atom is -0.293 e. The minimum atomic E-state index is -0.735. The van der Waals surface area contributed by atoms with Crippen molar-refractivity contribution in [3.63, 3.8) is 0 Å². The van der Waals surface area contributed by atoms with Gasteiger partial charge in [-0.2, -0.15) is 0 Å². The summed E-state index contributed by atoms with van der Waals surface area (Å²) in [6.45, 7) is 3.80. The lowest BCUT2D eigenvalue weighted by Gasteiger charge is -2.21. The summed E-state index contributed by atoms with van der Waals surface area (Å²) in [5.41, 5.74) is 0.643. The zero-order valence-corrected chi connectivity index (χ0v) is 9.96. The van der Waals surface area contributed by atoms with E-state index in [1.165, 1.54) is 0 Å². The molecule has 0 atom stereocenters. The van der Waals surface area contributed by atoms with E-state index < -0.39 is 5.16 Å². The van der Waals surface area contributed by atoms with Gasteiger partial charge in [0.15, 0.2) is 14.2 Å². The Morgan fingerprint density at radius 3 is 2.13 bits per heavy atom. The van der Waals surface area contributed by atoms with Crippen molar-refractivity contribution in [3.8, 4) is 0 Å². The van der Waals surface area contributed by atoms with Crippen LogP contribution in [0.4, 0.5) is 0 Å². The number of ketones is 1. The average Bonchev–Trinajstić information content (AvgIpc) is 2.33. The maximum absolute atomic E-state index is 12.2. The summed E-state index contributed by atoms with van der Waals surface area (Å²) in [4.78, 5) is 12.2. The Kier molecular flexibility index (Phi) is 4.16. The van der Waals surface area contributed by atoms with Gasteiger partial charge in [-0.05, 0) is 12.8 Å². The molecule has 15 heavy (non-hydrogen) atoms. The number of Topliss-reactive ketones (excluding diaryl/α,β-unsaturated/α-hetero) is 1. The lowest BCUT2D eigenvalue weighted by Crippen LogP contribution is -2.31. The molecule has 0 amide bonds. The molecule has 80 valence electrons. The summed E-state index contributed by atoms with van der Waals surface area (Å²) in [6.07, 6.45) is 1.20. The lowest BCUT2D eigenvalue weighted by molar-refractivity contribution is 0.0934. The molecule has 0 saturated carbocycles. The van der Waals surface area contributed by atoms with E-state index in [1.807, 2.05) is 32.0 Å². The third kappa shape index (κ3) is 2.32. The highest BCUT2D eigenvalue weighted by atomic mass is 31.1. The first-order valence-electron chi connectivity index (χ1n) is 5.14. The van der Waals surface area contributed by atoms with Gasteiger partial charge in [0, 0.05) is 5.56 Å². The lowest BCUT2D eigenvalue weighted by atomic mass is 9.92. The van der Waals surface area contributed by atoms with Crippen LogP contribution in [-0.4, -0.2) is 10.9 Å². The zero-order valence-electron chi connectivity index (χ0n) is 9.06. The summed E-state index contributed by atoms with van der Waals surface area (Å²) in [6, 6.07) is 9.06. The van der Waals surface area contributed by atoms with E-state index in [0.29, 0.717) is 18.4 Å². The Bertz CT molecular complexity index is 342. The van der Waals surface area contributed by atoms with Gasteiger partial charge in [-0.3, -0.25) is 9.36 Å². The number of benzene rings is 1. The molecule has 0 aliphatic rings. The van der Waals surface area contributed by atoms with Crippen molar-refractivity contribution in [1.82, 2.24) is 0 Å². The molecule has 1 rings (SSSR count). The second-order valence-corrected chi connectivity index (χ2v) is 4.56. The molecule has 0 N–H and O–H groups in total. The molecule has 0 aromatic heterocycles. The van der Waals surface area contributed by atoms with E-state index in [0.717, 1.165) is 0 Å². The molecule has 2 nitrogen and oxygen atoms in total. The predicted octanol–water partition coefficient (Wildman–Crippen LogP) is 3.72. The van der Waals surface area contributed by atoms with Crippen LogP contribution >= 0.6 is 8.46 Å². The molecule has 0 aliphatic carbocycles. The topological polar surface area (TPSA) is 34.1 Å². The average molecular weight is 222 g/mol. The molecular weight excluding hydrogens is 207 g/mol. The van der Waals surface area contributed by atoms with Gasteiger partial charge in [0.1, 0.15) is 5.16 Å². The normalized spacial score (nSPS) is 11.6. The third-order valence-electron chi connectivity index (χ3n) is 2.80. The van der Waals surface area contributed by atoms with Crippen LogP contribution in [0.3, 0.4) is 0 Å². The van der Waals surface area contributed by atoms with Gasteiger partial charge >= 0.3 is 0 Å².